The van der Waals surface area contributed by atoms with Gasteiger partial charge in [0.2, 0.25) is 5.91 Å². The molecular formula is C20H36IN5O. The molecule has 0 bridgehead atoms. The van der Waals surface area contributed by atoms with Gasteiger partial charge in [-0.3, -0.25) is 14.7 Å². The van der Waals surface area contributed by atoms with E-state index in [9.17, 15) is 4.79 Å². The number of nitrogens with zero attached hydrogens (tertiary/aromatic N) is 2. The van der Waals surface area contributed by atoms with Crippen LogP contribution in [0.15, 0.2) is 35.3 Å². The van der Waals surface area contributed by atoms with Crippen LogP contribution < -0.4 is 16.0 Å². The van der Waals surface area contributed by atoms with E-state index in [1.165, 1.54) is 5.56 Å². The Morgan fingerprint density at radius 2 is 1.78 bits per heavy atom. The number of rotatable bonds is 11. The highest BCUT2D eigenvalue weighted by Crippen LogP contribution is 2.07. The normalized spacial score (nSPS) is 12.3. The van der Waals surface area contributed by atoms with Crippen LogP contribution in [0.2, 0.25) is 0 Å². The lowest BCUT2D eigenvalue weighted by Crippen LogP contribution is -2.41. The molecule has 1 aromatic rings. The number of carbonyl (C=O) groups excluding carboxylic acids is 1. The highest BCUT2D eigenvalue weighted by molar-refractivity contribution is 14.0. The summed E-state index contributed by atoms with van der Waals surface area (Å²) in [7, 11) is 3.90. The molecule has 0 aliphatic rings. The second kappa shape index (κ2) is 15.7. The molecule has 0 aliphatic carbocycles. The Morgan fingerprint density at radius 1 is 1.11 bits per heavy atom. The van der Waals surface area contributed by atoms with Crippen LogP contribution in [0.1, 0.15) is 38.7 Å². The maximum atomic E-state index is 11.6. The van der Waals surface area contributed by atoms with E-state index in [-0.39, 0.29) is 29.9 Å². The predicted octanol–water partition coefficient (Wildman–Crippen LogP) is 2.60. The topological polar surface area (TPSA) is 68.8 Å². The summed E-state index contributed by atoms with van der Waals surface area (Å²) in [6, 6.07) is 11.0. The van der Waals surface area contributed by atoms with Gasteiger partial charge in [-0.2, -0.15) is 0 Å². The lowest BCUT2D eigenvalue weighted by molar-refractivity contribution is -0.120. The van der Waals surface area contributed by atoms with E-state index in [0.29, 0.717) is 19.0 Å². The number of halogens is 1. The van der Waals surface area contributed by atoms with Gasteiger partial charge in [-0.25, -0.2) is 0 Å². The largest absolute Gasteiger partial charge is 0.356 e. The van der Waals surface area contributed by atoms with Gasteiger partial charge in [0.15, 0.2) is 5.96 Å². The van der Waals surface area contributed by atoms with E-state index < -0.39 is 0 Å². The summed E-state index contributed by atoms with van der Waals surface area (Å²) in [5.41, 5.74) is 1.33. The maximum Gasteiger partial charge on any atom is 0.221 e. The minimum absolute atomic E-state index is 0. The molecule has 0 saturated carbocycles. The lowest BCUT2D eigenvalue weighted by atomic mass is 10.1. The van der Waals surface area contributed by atoms with Crippen molar-refractivity contribution >= 4 is 35.8 Å². The summed E-state index contributed by atoms with van der Waals surface area (Å²) in [6.07, 6.45) is 2.43. The molecule has 27 heavy (non-hydrogen) atoms. The van der Waals surface area contributed by atoms with Crippen molar-refractivity contribution in [2.45, 2.75) is 45.7 Å². The fourth-order valence-corrected chi connectivity index (χ4v) is 2.51. The van der Waals surface area contributed by atoms with Gasteiger partial charge >= 0.3 is 0 Å². The van der Waals surface area contributed by atoms with Gasteiger partial charge in [-0.05, 0) is 32.4 Å². The number of amides is 1. The Hall–Kier alpha value is -1.35. The Kier molecular flexibility index (Phi) is 14.9. The second-order valence-electron chi connectivity index (χ2n) is 6.56. The number of hydrogen-bond donors (Lipinski definition) is 3. The average molecular weight is 489 g/mol. The van der Waals surface area contributed by atoms with Crippen LogP contribution in [-0.4, -0.2) is 56.5 Å². The molecule has 0 saturated heterocycles. The molecule has 1 rings (SSSR count). The Balaban J connectivity index is 0.00000676. The van der Waals surface area contributed by atoms with Crippen molar-refractivity contribution in [1.82, 2.24) is 20.9 Å². The van der Waals surface area contributed by atoms with Crippen LogP contribution in [0.3, 0.4) is 0 Å². The Bertz CT molecular complexity index is 538. The number of hydrogen-bond acceptors (Lipinski definition) is 3. The van der Waals surface area contributed by atoms with Crippen molar-refractivity contribution in [3.63, 3.8) is 0 Å². The van der Waals surface area contributed by atoms with Crippen molar-refractivity contribution in [3.05, 3.63) is 35.9 Å². The van der Waals surface area contributed by atoms with Crippen LogP contribution in [0, 0.1) is 0 Å². The van der Waals surface area contributed by atoms with Gasteiger partial charge in [0.05, 0.1) is 0 Å². The molecule has 0 radical (unpaired) electrons. The fourth-order valence-electron chi connectivity index (χ4n) is 2.51. The smallest absolute Gasteiger partial charge is 0.221 e. The van der Waals surface area contributed by atoms with Gasteiger partial charge in [0, 0.05) is 45.7 Å². The number of aliphatic imine (C=N–C) groups is 1. The number of nitrogens with one attached hydrogen (secondary N) is 3. The maximum absolute atomic E-state index is 11.6. The summed E-state index contributed by atoms with van der Waals surface area (Å²) in [4.78, 5) is 18.1. The minimum atomic E-state index is 0. The van der Waals surface area contributed by atoms with E-state index in [1.54, 1.807) is 7.05 Å². The summed E-state index contributed by atoms with van der Waals surface area (Å²) in [5.74, 6) is 0.817. The molecule has 0 spiro atoms. The molecule has 1 atom stereocenters. The number of carbonyl (C=O) groups is 1. The Labute approximate surface area is 181 Å². The first-order valence-corrected chi connectivity index (χ1v) is 9.52. The molecule has 3 N–H and O–H groups in total. The minimum Gasteiger partial charge on any atom is -0.356 e. The predicted molar refractivity (Wildman–Crippen MR) is 125 cm³/mol. The summed E-state index contributed by atoms with van der Waals surface area (Å²) >= 11 is 0. The number of guanidine groups is 1. The third kappa shape index (κ3) is 11.9. The zero-order chi connectivity index (χ0) is 19.2. The van der Waals surface area contributed by atoms with Gasteiger partial charge < -0.3 is 16.0 Å². The van der Waals surface area contributed by atoms with E-state index in [1.807, 2.05) is 13.0 Å². The van der Waals surface area contributed by atoms with E-state index >= 15 is 0 Å². The monoisotopic (exact) mass is 489 g/mol. The zero-order valence-electron chi connectivity index (χ0n) is 17.1. The van der Waals surface area contributed by atoms with Crippen LogP contribution in [-0.2, 0) is 11.3 Å². The van der Waals surface area contributed by atoms with Crippen molar-refractivity contribution in [2.75, 3.05) is 33.7 Å². The molecule has 0 heterocycles. The molecule has 0 aromatic heterocycles. The van der Waals surface area contributed by atoms with Gasteiger partial charge in [0.25, 0.3) is 0 Å². The second-order valence-corrected chi connectivity index (χ2v) is 6.56. The van der Waals surface area contributed by atoms with E-state index in [0.717, 1.165) is 38.4 Å². The number of benzene rings is 1. The fraction of sp³-hybridized carbons (Fsp3) is 0.600. The van der Waals surface area contributed by atoms with Crippen molar-refractivity contribution < 1.29 is 4.79 Å². The molecule has 154 valence electrons. The molecule has 0 aliphatic heterocycles. The first-order chi connectivity index (χ1) is 12.6. The molecule has 1 amide bonds. The van der Waals surface area contributed by atoms with Crippen LogP contribution in [0.4, 0.5) is 0 Å². The molecule has 1 unspecified atom stereocenters. The van der Waals surface area contributed by atoms with Crippen molar-refractivity contribution in [2.24, 2.45) is 4.99 Å². The highest BCUT2D eigenvalue weighted by atomic mass is 127. The highest BCUT2D eigenvalue weighted by Gasteiger charge is 2.10. The molecule has 1 aromatic carbocycles. The van der Waals surface area contributed by atoms with Crippen molar-refractivity contribution in [3.8, 4) is 0 Å². The molecule has 7 heteroatoms. The zero-order valence-corrected chi connectivity index (χ0v) is 19.5. The quantitative estimate of drug-likeness (QED) is 0.254. The van der Waals surface area contributed by atoms with Crippen LogP contribution in [0.5, 0.6) is 0 Å². The Morgan fingerprint density at radius 3 is 2.41 bits per heavy atom. The van der Waals surface area contributed by atoms with Crippen molar-refractivity contribution in [1.29, 1.82) is 0 Å². The third-order valence-electron chi connectivity index (χ3n) is 4.32. The first-order valence-electron chi connectivity index (χ1n) is 9.52. The molecule has 0 fully saturated rings. The summed E-state index contributed by atoms with van der Waals surface area (Å²) in [5, 5.41) is 9.37. The summed E-state index contributed by atoms with van der Waals surface area (Å²) in [6.45, 7) is 7.38. The summed E-state index contributed by atoms with van der Waals surface area (Å²) < 4.78 is 0. The van der Waals surface area contributed by atoms with Crippen LogP contribution in [0.25, 0.3) is 0 Å². The first kappa shape index (κ1) is 25.6. The van der Waals surface area contributed by atoms with Gasteiger partial charge in [0.1, 0.15) is 0 Å². The SMILES string of the molecule is CCCNC(=O)CCNC(=NC)NCCC(C)N(C)Cc1ccccc1.I. The van der Waals surface area contributed by atoms with E-state index in [2.05, 4.69) is 64.1 Å². The standard InChI is InChI=1S/C20H35N5O.HI/c1-5-13-22-19(26)12-15-24-20(21-3)23-14-11-17(2)25(4)16-18-9-7-6-8-10-18;/h6-10,17H,5,11-16H2,1-4H3,(H,22,26)(H2,21,23,24);1H. The molecular weight excluding hydrogens is 453 g/mol. The van der Waals surface area contributed by atoms with Gasteiger partial charge in [-0.1, -0.05) is 37.3 Å². The van der Waals surface area contributed by atoms with Crippen LogP contribution >= 0.6 is 24.0 Å². The average Bonchev–Trinajstić information content (AvgIpc) is 2.65. The lowest BCUT2D eigenvalue weighted by Gasteiger charge is -2.25. The van der Waals surface area contributed by atoms with E-state index in [4.69, 9.17) is 0 Å². The molecule has 6 nitrogen and oxygen atoms in total. The third-order valence-corrected chi connectivity index (χ3v) is 4.32. The van der Waals surface area contributed by atoms with Gasteiger partial charge in [-0.15, -0.1) is 24.0 Å².